The molecule has 0 spiro atoms. The van der Waals surface area contributed by atoms with Crippen LogP contribution in [0.5, 0.6) is 11.5 Å². The lowest BCUT2D eigenvalue weighted by atomic mass is 10.1. The number of anilines is 1. The molecule has 0 saturated carbocycles. The summed E-state index contributed by atoms with van der Waals surface area (Å²) in [4.78, 5) is 25.1. The molecule has 2 aromatic carbocycles. The van der Waals surface area contributed by atoms with Gasteiger partial charge in [0.25, 0.3) is 5.91 Å². The highest BCUT2D eigenvalue weighted by atomic mass is 79.9. The Morgan fingerprint density at radius 1 is 1.03 bits per heavy atom. The molecule has 0 aliphatic heterocycles. The molecule has 0 fully saturated rings. The van der Waals surface area contributed by atoms with E-state index in [2.05, 4.69) is 21.2 Å². The summed E-state index contributed by atoms with van der Waals surface area (Å²) in [6.45, 7) is 0.0754. The lowest BCUT2D eigenvalue weighted by Gasteiger charge is -2.15. The molecule has 3 rings (SSSR count). The summed E-state index contributed by atoms with van der Waals surface area (Å²) in [6.07, 6.45) is 1.39. The SMILES string of the molecule is COc1cc(NC(=O)c2ccco2)c(C(=O)OCc2ccc(Br)cc2)cc1OC. The van der Waals surface area contributed by atoms with Gasteiger partial charge in [-0.3, -0.25) is 4.79 Å². The summed E-state index contributed by atoms with van der Waals surface area (Å²) in [5.74, 6) is -0.340. The van der Waals surface area contributed by atoms with Crippen LogP contribution < -0.4 is 14.8 Å². The lowest BCUT2D eigenvalue weighted by molar-refractivity contribution is 0.0473. The third-order valence-electron chi connectivity index (χ3n) is 4.02. The van der Waals surface area contributed by atoms with Crippen LogP contribution in [0.4, 0.5) is 5.69 Å². The van der Waals surface area contributed by atoms with E-state index in [1.165, 1.54) is 38.7 Å². The fraction of sp³-hybridized carbons (Fsp3) is 0.143. The maximum Gasteiger partial charge on any atom is 0.340 e. The molecule has 8 heteroatoms. The number of halogens is 1. The highest BCUT2D eigenvalue weighted by molar-refractivity contribution is 9.10. The van der Waals surface area contributed by atoms with Gasteiger partial charge in [0.15, 0.2) is 17.3 Å². The van der Waals surface area contributed by atoms with Crippen molar-refractivity contribution in [1.29, 1.82) is 0 Å². The smallest absolute Gasteiger partial charge is 0.340 e. The first-order chi connectivity index (χ1) is 14.0. The third-order valence-corrected chi connectivity index (χ3v) is 4.55. The summed E-state index contributed by atoms with van der Waals surface area (Å²) in [6, 6.07) is 13.5. The predicted octanol–water partition coefficient (Wildman–Crippen LogP) is 4.67. The van der Waals surface area contributed by atoms with Gasteiger partial charge in [0.1, 0.15) is 6.61 Å². The average molecular weight is 460 g/mol. The molecule has 0 bridgehead atoms. The summed E-state index contributed by atoms with van der Waals surface area (Å²) < 4.78 is 22.0. The number of carbonyl (C=O) groups excluding carboxylic acids is 2. The summed E-state index contributed by atoms with van der Waals surface area (Å²) in [7, 11) is 2.91. The van der Waals surface area contributed by atoms with Crippen molar-refractivity contribution in [2.24, 2.45) is 0 Å². The second kappa shape index (κ2) is 9.29. The van der Waals surface area contributed by atoms with Crippen LogP contribution in [0.25, 0.3) is 0 Å². The standard InChI is InChI=1S/C21H18BrNO6/c1-26-18-10-15(21(25)29-12-13-5-7-14(22)8-6-13)16(11-19(18)27-2)23-20(24)17-4-3-9-28-17/h3-11H,12H2,1-2H3,(H,23,24). The van der Waals surface area contributed by atoms with Crippen molar-refractivity contribution < 1.29 is 28.2 Å². The van der Waals surface area contributed by atoms with Gasteiger partial charge in [0, 0.05) is 16.6 Å². The van der Waals surface area contributed by atoms with Gasteiger partial charge in [-0.05, 0) is 29.8 Å². The van der Waals surface area contributed by atoms with Crippen LogP contribution in [0.15, 0.2) is 63.7 Å². The van der Waals surface area contributed by atoms with Crippen molar-refractivity contribution in [1.82, 2.24) is 0 Å². The molecule has 1 N–H and O–H groups in total. The van der Waals surface area contributed by atoms with Crippen LogP contribution in [0.1, 0.15) is 26.5 Å². The first-order valence-electron chi connectivity index (χ1n) is 8.54. The van der Waals surface area contributed by atoms with Gasteiger partial charge in [-0.2, -0.15) is 0 Å². The highest BCUT2D eigenvalue weighted by Crippen LogP contribution is 2.34. The Hall–Kier alpha value is -3.26. The number of ether oxygens (including phenoxy) is 3. The molecule has 0 aliphatic carbocycles. The normalized spacial score (nSPS) is 10.3. The van der Waals surface area contributed by atoms with E-state index in [1.807, 2.05) is 24.3 Å². The molecule has 7 nitrogen and oxygen atoms in total. The minimum Gasteiger partial charge on any atom is -0.493 e. The molecule has 3 aromatic rings. The molecule has 29 heavy (non-hydrogen) atoms. The van der Waals surface area contributed by atoms with Crippen molar-refractivity contribution in [2.45, 2.75) is 6.61 Å². The first-order valence-corrected chi connectivity index (χ1v) is 9.33. The quantitative estimate of drug-likeness (QED) is 0.516. The first kappa shape index (κ1) is 20.5. The van der Waals surface area contributed by atoms with E-state index in [0.717, 1.165) is 10.0 Å². The zero-order valence-electron chi connectivity index (χ0n) is 15.7. The molecule has 0 radical (unpaired) electrons. The lowest BCUT2D eigenvalue weighted by Crippen LogP contribution is -2.16. The van der Waals surface area contributed by atoms with E-state index in [-0.39, 0.29) is 23.6 Å². The second-order valence-corrected chi connectivity index (χ2v) is 6.80. The van der Waals surface area contributed by atoms with Crippen LogP contribution in [-0.2, 0) is 11.3 Å². The number of carbonyl (C=O) groups is 2. The summed E-state index contributed by atoms with van der Waals surface area (Å²) in [5, 5.41) is 2.65. The Morgan fingerprint density at radius 2 is 1.72 bits per heavy atom. The van der Waals surface area contributed by atoms with Crippen molar-refractivity contribution in [3.05, 3.63) is 76.2 Å². The van der Waals surface area contributed by atoms with E-state index >= 15 is 0 Å². The van der Waals surface area contributed by atoms with E-state index in [4.69, 9.17) is 18.6 Å². The number of hydrogen-bond donors (Lipinski definition) is 1. The molecule has 0 atom stereocenters. The molecule has 150 valence electrons. The van der Waals surface area contributed by atoms with Crippen molar-refractivity contribution >= 4 is 33.5 Å². The van der Waals surface area contributed by atoms with E-state index < -0.39 is 11.9 Å². The number of furan rings is 1. The van der Waals surface area contributed by atoms with E-state index in [1.54, 1.807) is 6.07 Å². The molecule has 1 heterocycles. The number of amides is 1. The summed E-state index contributed by atoms with van der Waals surface area (Å²) in [5.41, 5.74) is 1.16. The molecule has 1 amide bonds. The number of rotatable bonds is 7. The van der Waals surface area contributed by atoms with Gasteiger partial charge in [0.2, 0.25) is 0 Å². The number of nitrogens with one attached hydrogen (secondary N) is 1. The minimum atomic E-state index is -0.622. The third kappa shape index (κ3) is 4.97. The van der Waals surface area contributed by atoms with E-state index in [0.29, 0.717) is 11.5 Å². The molecule has 0 aliphatic rings. The van der Waals surface area contributed by atoms with Gasteiger partial charge in [-0.15, -0.1) is 0 Å². The van der Waals surface area contributed by atoms with Crippen LogP contribution in [0.2, 0.25) is 0 Å². The average Bonchev–Trinajstić information content (AvgIpc) is 3.28. The summed E-state index contributed by atoms with van der Waals surface area (Å²) >= 11 is 3.36. The molecule has 0 unspecified atom stereocenters. The van der Waals surface area contributed by atoms with Gasteiger partial charge in [-0.1, -0.05) is 28.1 Å². The Morgan fingerprint density at radius 3 is 2.34 bits per heavy atom. The monoisotopic (exact) mass is 459 g/mol. The number of methoxy groups -OCH3 is 2. The Balaban J connectivity index is 1.86. The van der Waals surface area contributed by atoms with Gasteiger partial charge < -0.3 is 23.9 Å². The number of benzene rings is 2. The second-order valence-electron chi connectivity index (χ2n) is 5.89. The zero-order valence-corrected chi connectivity index (χ0v) is 17.3. The van der Waals surface area contributed by atoms with Crippen molar-refractivity contribution in [3.8, 4) is 11.5 Å². The maximum atomic E-state index is 12.7. The molecular weight excluding hydrogens is 442 g/mol. The fourth-order valence-electron chi connectivity index (χ4n) is 2.55. The molecule has 0 saturated heterocycles. The molecular formula is C21H18BrNO6. The van der Waals surface area contributed by atoms with E-state index in [9.17, 15) is 9.59 Å². The Bertz CT molecular complexity index is 999. The largest absolute Gasteiger partial charge is 0.493 e. The van der Waals surface area contributed by atoms with Crippen molar-refractivity contribution in [3.63, 3.8) is 0 Å². The maximum absolute atomic E-state index is 12.7. The van der Waals surface area contributed by atoms with Crippen LogP contribution in [0, 0.1) is 0 Å². The van der Waals surface area contributed by atoms with Crippen molar-refractivity contribution in [2.75, 3.05) is 19.5 Å². The van der Waals surface area contributed by atoms with Crippen LogP contribution >= 0.6 is 15.9 Å². The molecule has 1 aromatic heterocycles. The number of hydrogen-bond acceptors (Lipinski definition) is 6. The topological polar surface area (TPSA) is 87.0 Å². The predicted molar refractivity (Wildman–Crippen MR) is 109 cm³/mol. The van der Waals surface area contributed by atoms with Gasteiger partial charge >= 0.3 is 5.97 Å². The zero-order chi connectivity index (χ0) is 20.8. The Kier molecular flexibility index (Phi) is 6.56. The highest BCUT2D eigenvalue weighted by Gasteiger charge is 2.21. The van der Waals surface area contributed by atoms with Gasteiger partial charge in [-0.25, -0.2) is 4.79 Å². The Labute approximate surface area is 175 Å². The van der Waals surface area contributed by atoms with Crippen LogP contribution in [-0.4, -0.2) is 26.1 Å². The van der Waals surface area contributed by atoms with Gasteiger partial charge in [0.05, 0.1) is 31.7 Å². The number of esters is 1. The fourth-order valence-corrected chi connectivity index (χ4v) is 2.81. The minimum absolute atomic E-state index is 0.0754. The van der Waals surface area contributed by atoms with Crippen LogP contribution in [0.3, 0.4) is 0 Å².